The van der Waals surface area contributed by atoms with Crippen molar-refractivity contribution >= 4 is 22.4 Å². The van der Waals surface area contributed by atoms with Crippen LogP contribution in [-0.2, 0) is 5.41 Å². The molecule has 0 saturated carbocycles. The first-order chi connectivity index (χ1) is 25.0. The molecule has 0 fully saturated rings. The minimum atomic E-state index is -0.248. The standard InChI is InChI=1S/C47H34N4/c1-47(2)41-27-30(29-48)17-24-39(41)40-26-23-36(28-42(40)47)43-37-16-10-9-11-31(37)22-25-38(43)32-18-20-35(21-19-32)46-50-44(33-12-5-3-6-13-33)49-45(51-46)34-14-7-4-8-15-34/h3-28,44H,1-2H3,(H,49,50,51). The van der Waals surface area contributed by atoms with E-state index in [1.54, 1.807) is 0 Å². The third kappa shape index (κ3) is 5.23. The van der Waals surface area contributed by atoms with Gasteiger partial charge in [0.25, 0.3) is 0 Å². The van der Waals surface area contributed by atoms with Crippen molar-refractivity contribution in [3.8, 4) is 39.4 Å². The van der Waals surface area contributed by atoms with E-state index in [0.29, 0.717) is 11.4 Å². The van der Waals surface area contributed by atoms with Crippen molar-refractivity contribution in [2.75, 3.05) is 0 Å². The Balaban J connectivity index is 1.14. The van der Waals surface area contributed by atoms with Gasteiger partial charge in [-0.3, -0.25) is 0 Å². The van der Waals surface area contributed by atoms with E-state index in [1.165, 1.54) is 49.7 Å². The van der Waals surface area contributed by atoms with Gasteiger partial charge in [0.1, 0.15) is 12.0 Å². The van der Waals surface area contributed by atoms with Crippen LogP contribution in [0.3, 0.4) is 0 Å². The van der Waals surface area contributed by atoms with Crippen LogP contribution in [0.15, 0.2) is 168 Å². The van der Waals surface area contributed by atoms with Gasteiger partial charge in [-0.15, -0.1) is 0 Å². The second kappa shape index (κ2) is 12.1. The molecule has 1 aliphatic heterocycles. The maximum Gasteiger partial charge on any atom is 0.159 e. The van der Waals surface area contributed by atoms with Gasteiger partial charge < -0.3 is 5.32 Å². The highest BCUT2D eigenvalue weighted by Gasteiger charge is 2.36. The molecule has 0 amide bonds. The average Bonchev–Trinajstić information content (AvgIpc) is 3.42. The predicted molar refractivity (Wildman–Crippen MR) is 209 cm³/mol. The summed E-state index contributed by atoms with van der Waals surface area (Å²) in [6.45, 7) is 4.53. The lowest BCUT2D eigenvalue weighted by Gasteiger charge is -2.24. The number of nitriles is 1. The normalized spacial score (nSPS) is 15.6. The maximum atomic E-state index is 9.63. The Morgan fingerprint density at radius 2 is 1.22 bits per heavy atom. The molecule has 1 N–H and O–H groups in total. The summed E-state index contributed by atoms with van der Waals surface area (Å²) in [5.41, 5.74) is 13.2. The molecule has 2 aliphatic rings. The Labute approximate surface area is 298 Å². The molecule has 0 bridgehead atoms. The first kappa shape index (κ1) is 30.5. The molecule has 4 heteroatoms. The number of amidine groups is 2. The highest BCUT2D eigenvalue weighted by atomic mass is 15.2. The van der Waals surface area contributed by atoms with Crippen LogP contribution in [0.25, 0.3) is 44.2 Å². The van der Waals surface area contributed by atoms with Crippen LogP contribution in [0, 0.1) is 11.3 Å². The minimum absolute atomic E-state index is 0.230. The lowest BCUT2D eigenvalue weighted by atomic mass is 9.80. The largest absolute Gasteiger partial charge is 0.344 e. The molecule has 4 nitrogen and oxygen atoms in total. The van der Waals surface area contributed by atoms with Crippen molar-refractivity contribution in [2.45, 2.75) is 25.4 Å². The average molecular weight is 655 g/mol. The molecule has 1 atom stereocenters. The van der Waals surface area contributed by atoms with Gasteiger partial charge in [-0.1, -0.05) is 153 Å². The Hall–Kier alpha value is -6.57. The lowest BCUT2D eigenvalue weighted by molar-refractivity contribution is 0.660. The van der Waals surface area contributed by atoms with Gasteiger partial charge in [0.05, 0.1) is 11.6 Å². The number of nitrogens with zero attached hydrogens (tertiary/aromatic N) is 3. The Kier molecular flexibility index (Phi) is 7.22. The van der Waals surface area contributed by atoms with Gasteiger partial charge in [-0.25, -0.2) is 9.98 Å². The van der Waals surface area contributed by atoms with E-state index in [4.69, 9.17) is 9.98 Å². The number of rotatable bonds is 5. The summed E-state index contributed by atoms with van der Waals surface area (Å²) in [5, 5.41) is 15.6. The first-order valence-electron chi connectivity index (χ1n) is 17.3. The van der Waals surface area contributed by atoms with Gasteiger partial charge in [0, 0.05) is 16.5 Å². The Bertz CT molecular complexity index is 2570. The maximum absolute atomic E-state index is 9.63. The minimum Gasteiger partial charge on any atom is -0.344 e. The zero-order chi connectivity index (χ0) is 34.5. The molecule has 7 aromatic rings. The Morgan fingerprint density at radius 1 is 0.588 bits per heavy atom. The van der Waals surface area contributed by atoms with Gasteiger partial charge >= 0.3 is 0 Å². The number of nitrogens with one attached hydrogen (secondary N) is 1. The van der Waals surface area contributed by atoms with Crippen LogP contribution in [0.4, 0.5) is 0 Å². The van der Waals surface area contributed by atoms with Crippen molar-refractivity contribution < 1.29 is 0 Å². The summed E-state index contributed by atoms with van der Waals surface area (Å²) in [4.78, 5) is 10.1. The molecule has 0 radical (unpaired) electrons. The number of hydrogen-bond donors (Lipinski definition) is 1. The molecule has 0 saturated heterocycles. The van der Waals surface area contributed by atoms with Crippen LogP contribution < -0.4 is 5.32 Å². The monoisotopic (exact) mass is 654 g/mol. The fraction of sp³-hybridized carbons (Fsp3) is 0.0851. The van der Waals surface area contributed by atoms with Crippen molar-refractivity contribution in [1.82, 2.24) is 5.32 Å². The van der Waals surface area contributed by atoms with Gasteiger partial charge in [-0.05, 0) is 79.0 Å². The molecular weight excluding hydrogens is 621 g/mol. The van der Waals surface area contributed by atoms with E-state index in [-0.39, 0.29) is 11.6 Å². The van der Waals surface area contributed by atoms with E-state index in [0.717, 1.165) is 28.1 Å². The Morgan fingerprint density at radius 3 is 1.98 bits per heavy atom. The molecule has 1 unspecified atom stereocenters. The van der Waals surface area contributed by atoms with E-state index in [9.17, 15) is 5.26 Å². The highest BCUT2D eigenvalue weighted by molar-refractivity contribution is 6.13. The van der Waals surface area contributed by atoms with E-state index in [1.807, 2.05) is 42.5 Å². The van der Waals surface area contributed by atoms with E-state index in [2.05, 4.69) is 140 Å². The van der Waals surface area contributed by atoms with Crippen molar-refractivity contribution in [3.63, 3.8) is 0 Å². The lowest BCUT2D eigenvalue weighted by Crippen LogP contribution is -2.33. The predicted octanol–water partition coefficient (Wildman–Crippen LogP) is 10.8. The summed E-state index contributed by atoms with van der Waals surface area (Å²) in [5.74, 6) is 1.51. The van der Waals surface area contributed by atoms with Crippen LogP contribution in [0.1, 0.15) is 53.4 Å². The molecular formula is C47H34N4. The van der Waals surface area contributed by atoms with E-state index >= 15 is 0 Å². The van der Waals surface area contributed by atoms with Crippen molar-refractivity contribution in [3.05, 3.63) is 191 Å². The van der Waals surface area contributed by atoms with Gasteiger partial charge in [-0.2, -0.15) is 5.26 Å². The van der Waals surface area contributed by atoms with Crippen LogP contribution >= 0.6 is 0 Å². The molecule has 1 heterocycles. The topological polar surface area (TPSA) is 60.5 Å². The number of aliphatic imine (C=N–C) groups is 2. The van der Waals surface area contributed by atoms with Crippen molar-refractivity contribution in [1.29, 1.82) is 5.26 Å². The molecule has 1 aliphatic carbocycles. The zero-order valence-corrected chi connectivity index (χ0v) is 28.4. The highest BCUT2D eigenvalue weighted by Crippen LogP contribution is 2.51. The molecule has 0 aromatic heterocycles. The van der Waals surface area contributed by atoms with Crippen molar-refractivity contribution in [2.24, 2.45) is 9.98 Å². The summed E-state index contributed by atoms with van der Waals surface area (Å²) in [6.07, 6.45) is -0.248. The third-order valence-electron chi connectivity index (χ3n) is 10.4. The zero-order valence-electron chi connectivity index (χ0n) is 28.4. The molecule has 242 valence electrons. The van der Waals surface area contributed by atoms with Gasteiger partial charge in [0.2, 0.25) is 0 Å². The number of fused-ring (bicyclic) bond motifs is 4. The second-order valence-corrected chi connectivity index (χ2v) is 13.8. The summed E-state index contributed by atoms with van der Waals surface area (Å²) < 4.78 is 0. The van der Waals surface area contributed by atoms with Crippen LogP contribution in [0.5, 0.6) is 0 Å². The number of benzene rings is 7. The third-order valence-corrected chi connectivity index (χ3v) is 10.4. The SMILES string of the molecule is CC1(C)c2cc(C#N)ccc2-c2ccc(-c3c(-c4ccc(C5=NC(c6ccccc6)NC(c6ccccc6)=N5)cc4)ccc4ccccc34)cc21. The summed E-state index contributed by atoms with van der Waals surface area (Å²) in [7, 11) is 0. The van der Waals surface area contributed by atoms with Crippen LogP contribution in [0.2, 0.25) is 0 Å². The smallest absolute Gasteiger partial charge is 0.159 e. The first-order valence-corrected chi connectivity index (χ1v) is 17.3. The van der Waals surface area contributed by atoms with Gasteiger partial charge in [0.15, 0.2) is 5.84 Å². The summed E-state index contributed by atoms with van der Waals surface area (Å²) in [6, 6.07) is 57.6. The summed E-state index contributed by atoms with van der Waals surface area (Å²) >= 11 is 0. The van der Waals surface area contributed by atoms with Crippen LogP contribution in [-0.4, -0.2) is 11.7 Å². The van der Waals surface area contributed by atoms with E-state index < -0.39 is 0 Å². The molecule has 0 spiro atoms. The quantitative estimate of drug-likeness (QED) is 0.201. The molecule has 9 rings (SSSR count). The second-order valence-electron chi connectivity index (χ2n) is 13.8. The fourth-order valence-electron chi connectivity index (χ4n) is 7.71. The fourth-order valence-corrected chi connectivity index (χ4v) is 7.71. The number of hydrogen-bond acceptors (Lipinski definition) is 4. The molecule has 7 aromatic carbocycles. The molecule has 51 heavy (non-hydrogen) atoms.